The van der Waals surface area contributed by atoms with Crippen LogP contribution in [-0.4, -0.2) is 33.4 Å². The lowest BCUT2D eigenvalue weighted by molar-refractivity contribution is -0.117. The molecular formula is C23H17N5O3. The van der Waals surface area contributed by atoms with Crippen molar-refractivity contribution in [3.63, 3.8) is 0 Å². The summed E-state index contributed by atoms with van der Waals surface area (Å²) in [5.41, 5.74) is 3.03. The van der Waals surface area contributed by atoms with Gasteiger partial charge in [-0.15, -0.1) is 0 Å². The minimum Gasteiger partial charge on any atom is -0.322 e. The zero-order valence-electron chi connectivity index (χ0n) is 16.2. The van der Waals surface area contributed by atoms with Crippen molar-refractivity contribution in [1.29, 1.82) is 0 Å². The largest absolute Gasteiger partial charge is 0.334 e. The highest BCUT2D eigenvalue weighted by molar-refractivity contribution is 6.19. The second kappa shape index (κ2) is 7.42. The number of aromatic amines is 1. The maximum atomic E-state index is 13.0. The molecule has 0 saturated heterocycles. The molecule has 0 saturated carbocycles. The van der Waals surface area contributed by atoms with Gasteiger partial charge in [-0.2, -0.15) is 0 Å². The fourth-order valence-electron chi connectivity index (χ4n) is 3.62. The van der Waals surface area contributed by atoms with Crippen LogP contribution in [0.4, 0.5) is 10.5 Å². The van der Waals surface area contributed by atoms with Crippen molar-refractivity contribution in [2.45, 2.75) is 6.17 Å². The van der Waals surface area contributed by atoms with Gasteiger partial charge in [0.25, 0.3) is 5.91 Å². The van der Waals surface area contributed by atoms with Crippen LogP contribution in [0.15, 0.2) is 88.6 Å². The van der Waals surface area contributed by atoms with Crippen molar-refractivity contribution < 1.29 is 9.59 Å². The van der Waals surface area contributed by atoms with Gasteiger partial charge in [0, 0.05) is 11.1 Å². The van der Waals surface area contributed by atoms with Crippen LogP contribution < -0.4 is 16.3 Å². The van der Waals surface area contributed by atoms with Crippen molar-refractivity contribution in [2.24, 2.45) is 4.99 Å². The third kappa shape index (κ3) is 3.29. The van der Waals surface area contributed by atoms with Crippen LogP contribution in [0.25, 0.3) is 11.0 Å². The fourth-order valence-corrected chi connectivity index (χ4v) is 3.62. The van der Waals surface area contributed by atoms with Crippen LogP contribution in [0.3, 0.4) is 0 Å². The SMILES string of the molecule is O=C1Nc2ccccc2C(c2ccccc2)=NC1NC(=O)n1c(=O)[nH]c2ccccc21. The Bertz CT molecular complexity index is 1400. The molecule has 1 aromatic heterocycles. The summed E-state index contributed by atoms with van der Waals surface area (Å²) in [7, 11) is 0. The van der Waals surface area contributed by atoms with Gasteiger partial charge in [-0.25, -0.2) is 19.1 Å². The molecule has 31 heavy (non-hydrogen) atoms. The predicted octanol–water partition coefficient (Wildman–Crippen LogP) is 2.70. The van der Waals surface area contributed by atoms with E-state index in [4.69, 9.17) is 0 Å². The van der Waals surface area contributed by atoms with E-state index in [-0.39, 0.29) is 0 Å². The molecule has 0 aliphatic carbocycles. The molecule has 3 N–H and O–H groups in total. The molecule has 5 rings (SSSR count). The second-order valence-electron chi connectivity index (χ2n) is 7.01. The van der Waals surface area contributed by atoms with Gasteiger partial charge in [-0.3, -0.25) is 4.79 Å². The van der Waals surface area contributed by atoms with Gasteiger partial charge in [0.05, 0.1) is 22.4 Å². The maximum absolute atomic E-state index is 13.0. The van der Waals surface area contributed by atoms with Crippen LogP contribution >= 0.6 is 0 Å². The molecular weight excluding hydrogens is 394 g/mol. The number of imidazole rings is 1. The van der Waals surface area contributed by atoms with Gasteiger partial charge in [0.15, 0.2) is 0 Å². The number of carbonyl (C=O) groups is 2. The first kappa shape index (κ1) is 18.6. The normalized spacial score (nSPS) is 15.5. The molecule has 1 unspecified atom stereocenters. The smallest absolute Gasteiger partial charge is 0.322 e. The highest BCUT2D eigenvalue weighted by Gasteiger charge is 2.28. The number of amides is 2. The summed E-state index contributed by atoms with van der Waals surface area (Å²) >= 11 is 0. The lowest BCUT2D eigenvalue weighted by Crippen LogP contribution is -2.46. The van der Waals surface area contributed by atoms with E-state index in [0.29, 0.717) is 22.4 Å². The summed E-state index contributed by atoms with van der Waals surface area (Å²) < 4.78 is 0.957. The lowest BCUT2D eigenvalue weighted by Gasteiger charge is -2.13. The van der Waals surface area contributed by atoms with Crippen molar-refractivity contribution in [3.8, 4) is 0 Å². The van der Waals surface area contributed by atoms with Crippen LogP contribution in [-0.2, 0) is 4.79 Å². The summed E-state index contributed by atoms with van der Waals surface area (Å²) in [6.45, 7) is 0. The number of aromatic nitrogens is 2. The van der Waals surface area contributed by atoms with Gasteiger partial charge in [-0.05, 0) is 18.2 Å². The molecule has 1 atom stereocenters. The number of hydrogen-bond donors (Lipinski definition) is 3. The molecule has 0 bridgehead atoms. The van der Waals surface area contributed by atoms with E-state index in [1.165, 1.54) is 0 Å². The predicted molar refractivity (Wildman–Crippen MR) is 117 cm³/mol. The van der Waals surface area contributed by atoms with E-state index in [1.54, 1.807) is 30.3 Å². The number of nitrogens with zero attached hydrogens (tertiary/aromatic N) is 2. The zero-order valence-corrected chi connectivity index (χ0v) is 16.2. The molecule has 0 fully saturated rings. The van der Waals surface area contributed by atoms with Crippen LogP contribution in [0.2, 0.25) is 0 Å². The fraction of sp³-hybridized carbons (Fsp3) is 0.0435. The topological polar surface area (TPSA) is 108 Å². The molecule has 8 heteroatoms. The molecule has 2 amide bonds. The molecule has 1 aliphatic rings. The average Bonchev–Trinajstić information content (AvgIpc) is 3.06. The van der Waals surface area contributed by atoms with Gasteiger partial charge < -0.3 is 15.6 Å². The van der Waals surface area contributed by atoms with Crippen LogP contribution in [0.1, 0.15) is 11.1 Å². The molecule has 0 radical (unpaired) electrons. The Morgan fingerprint density at radius 2 is 1.61 bits per heavy atom. The summed E-state index contributed by atoms with van der Waals surface area (Å²) in [5, 5.41) is 5.39. The maximum Gasteiger partial charge on any atom is 0.334 e. The Balaban J connectivity index is 1.57. The van der Waals surface area contributed by atoms with E-state index in [9.17, 15) is 14.4 Å². The molecule has 2 heterocycles. The molecule has 1 aliphatic heterocycles. The van der Waals surface area contributed by atoms with E-state index < -0.39 is 23.8 Å². The van der Waals surface area contributed by atoms with Crippen molar-refractivity contribution >= 4 is 34.4 Å². The summed E-state index contributed by atoms with van der Waals surface area (Å²) in [4.78, 5) is 45.4. The highest BCUT2D eigenvalue weighted by atomic mass is 16.2. The van der Waals surface area contributed by atoms with Gasteiger partial charge in [0.1, 0.15) is 0 Å². The van der Waals surface area contributed by atoms with Crippen molar-refractivity contribution in [3.05, 3.63) is 100 Å². The van der Waals surface area contributed by atoms with E-state index in [0.717, 1.165) is 15.7 Å². The Morgan fingerprint density at radius 1 is 0.903 bits per heavy atom. The number of fused-ring (bicyclic) bond motifs is 2. The molecule has 0 spiro atoms. The Kier molecular flexibility index (Phi) is 4.44. The first-order chi connectivity index (χ1) is 15.1. The zero-order chi connectivity index (χ0) is 21.4. The molecule has 8 nitrogen and oxygen atoms in total. The van der Waals surface area contributed by atoms with Crippen LogP contribution in [0, 0.1) is 0 Å². The number of nitrogens with one attached hydrogen (secondary N) is 3. The third-order valence-electron chi connectivity index (χ3n) is 5.05. The lowest BCUT2D eigenvalue weighted by atomic mass is 10.0. The van der Waals surface area contributed by atoms with Crippen molar-refractivity contribution in [2.75, 3.05) is 5.32 Å². The van der Waals surface area contributed by atoms with Gasteiger partial charge >= 0.3 is 11.7 Å². The van der Waals surface area contributed by atoms with Gasteiger partial charge in [0.2, 0.25) is 6.17 Å². The van der Waals surface area contributed by atoms with E-state index in [1.807, 2.05) is 48.5 Å². The number of hydrogen-bond acceptors (Lipinski definition) is 4. The number of carbonyl (C=O) groups excluding carboxylic acids is 2. The minimum atomic E-state index is -1.23. The summed E-state index contributed by atoms with van der Waals surface area (Å²) in [6, 6.07) is 22.8. The second-order valence-corrected chi connectivity index (χ2v) is 7.01. The van der Waals surface area contributed by atoms with Crippen molar-refractivity contribution in [1.82, 2.24) is 14.9 Å². The number of H-pyrrole nitrogens is 1. The number of rotatable bonds is 2. The van der Waals surface area contributed by atoms with Gasteiger partial charge in [-0.1, -0.05) is 60.7 Å². The first-order valence-corrected chi connectivity index (χ1v) is 9.66. The van der Waals surface area contributed by atoms with Crippen LogP contribution in [0.5, 0.6) is 0 Å². The summed E-state index contributed by atoms with van der Waals surface area (Å²) in [5.74, 6) is -0.500. The molecule has 3 aromatic carbocycles. The molecule has 4 aromatic rings. The van der Waals surface area contributed by atoms with E-state index >= 15 is 0 Å². The number of para-hydroxylation sites is 3. The third-order valence-corrected chi connectivity index (χ3v) is 5.05. The monoisotopic (exact) mass is 411 g/mol. The number of aliphatic imine (C=N–C) groups is 1. The Labute approximate surface area is 176 Å². The number of benzodiazepines with no additional fused rings is 1. The number of benzene rings is 3. The Morgan fingerprint density at radius 3 is 2.45 bits per heavy atom. The van der Waals surface area contributed by atoms with E-state index in [2.05, 4.69) is 20.6 Å². The highest BCUT2D eigenvalue weighted by Crippen LogP contribution is 2.23. The number of anilines is 1. The standard InChI is InChI=1S/C23H17N5O3/c29-21-20(27-23(31)28-18-13-7-6-12-17(18)25-22(28)30)26-19(14-8-2-1-3-9-14)15-10-4-5-11-16(15)24-21/h1-13,20H,(H,24,29)(H,25,30)(H,27,31). The average molecular weight is 411 g/mol. The summed E-state index contributed by atoms with van der Waals surface area (Å²) in [6.07, 6.45) is -1.23. The quantitative estimate of drug-likeness (QED) is 0.472. The minimum absolute atomic E-state index is 0.412. The Hall–Kier alpha value is -4.46. The first-order valence-electron chi connectivity index (χ1n) is 9.66. The molecule has 152 valence electrons.